The average molecular weight is 832 g/mol. The van der Waals surface area contributed by atoms with Gasteiger partial charge in [0.2, 0.25) is 11.8 Å². The predicted molar refractivity (Wildman–Crippen MR) is 195 cm³/mol. The van der Waals surface area contributed by atoms with Gasteiger partial charge in [-0.25, -0.2) is 34.9 Å². The van der Waals surface area contributed by atoms with Crippen molar-refractivity contribution in [2.75, 3.05) is 0 Å². The molecule has 0 aliphatic carbocycles. The molecule has 0 spiro atoms. The zero-order chi connectivity index (χ0) is 39.5. The highest BCUT2D eigenvalue weighted by molar-refractivity contribution is 9.10. The van der Waals surface area contributed by atoms with Gasteiger partial charge in [0.05, 0.1) is 45.9 Å². The minimum atomic E-state index is -4.40. The number of fused-ring (bicyclic) bond motifs is 2. The zero-order valence-corrected chi connectivity index (χ0v) is 29.6. The number of H-pyrrole nitrogens is 1. The van der Waals surface area contributed by atoms with Crippen molar-refractivity contribution in [2.24, 2.45) is 0 Å². The molecular formula is C38H21BrF6N8O3. The Kier molecular flexibility index (Phi) is 10.4. The Bertz CT molecular complexity index is 2730. The van der Waals surface area contributed by atoms with Crippen molar-refractivity contribution in [3.05, 3.63) is 148 Å². The SMILES string of the molecule is FC(F)(F)c1ccc(-c2cc(Oc3cccc4nc(Br)cnc34)ncn2)cc1.O=c1cnc2c(Oc3cc(-c4ccc(C(F)(F)F)cc4)ncn3)cccc2[nH]1. The monoisotopic (exact) mass is 830 g/mol. The van der Waals surface area contributed by atoms with E-state index in [-0.39, 0.29) is 17.3 Å². The van der Waals surface area contributed by atoms with Crippen LogP contribution in [-0.2, 0) is 12.4 Å². The summed E-state index contributed by atoms with van der Waals surface area (Å²) in [7, 11) is 0. The smallest absolute Gasteiger partial charge is 0.416 e. The molecule has 0 aliphatic rings. The van der Waals surface area contributed by atoms with Gasteiger partial charge < -0.3 is 14.5 Å². The quantitative estimate of drug-likeness (QED) is 0.161. The van der Waals surface area contributed by atoms with Crippen molar-refractivity contribution in [2.45, 2.75) is 12.4 Å². The summed E-state index contributed by atoms with van der Waals surface area (Å²) in [5.41, 5.74) is 2.19. The van der Waals surface area contributed by atoms with E-state index in [0.717, 1.165) is 30.5 Å². The molecule has 11 nitrogen and oxygen atoms in total. The van der Waals surface area contributed by atoms with Gasteiger partial charge in [-0.15, -0.1) is 0 Å². The fraction of sp³-hybridized carbons (Fsp3) is 0.0526. The van der Waals surface area contributed by atoms with Gasteiger partial charge in [-0.05, 0) is 64.5 Å². The van der Waals surface area contributed by atoms with Crippen LogP contribution in [0.3, 0.4) is 0 Å². The number of ether oxygens (including phenoxy) is 2. The Balaban J connectivity index is 0.000000172. The molecule has 4 aromatic heterocycles. The normalized spacial score (nSPS) is 11.6. The third-order valence-electron chi connectivity index (χ3n) is 7.80. The molecule has 8 aromatic rings. The molecule has 18 heteroatoms. The number of nitrogens with one attached hydrogen (secondary N) is 1. The number of para-hydroxylation sites is 2. The van der Waals surface area contributed by atoms with Crippen LogP contribution in [0.15, 0.2) is 132 Å². The van der Waals surface area contributed by atoms with Gasteiger partial charge in [0.15, 0.2) is 11.5 Å². The van der Waals surface area contributed by atoms with Gasteiger partial charge in [-0.2, -0.15) is 26.3 Å². The van der Waals surface area contributed by atoms with Crippen LogP contribution < -0.4 is 15.0 Å². The van der Waals surface area contributed by atoms with E-state index in [4.69, 9.17) is 9.47 Å². The van der Waals surface area contributed by atoms with E-state index in [1.807, 2.05) is 0 Å². The number of nitrogens with zero attached hydrogens (tertiary/aromatic N) is 7. The van der Waals surface area contributed by atoms with Gasteiger partial charge in [0, 0.05) is 23.3 Å². The minimum absolute atomic E-state index is 0.186. The number of aromatic nitrogens is 8. The van der Waals surface area contributed by atoms with Crippen molar-refractivity contribution in [1.29, 1.82) is 0 Å². The number of hydrogen-bond donors (Lipinski definition) is 1. The molecule has 0 saturated carbocycles. The number of rotatable bonds is 6. The molecule has 0 atom stereocenters. The molecule has 0 radical (unpaired) electrons. The van der Waals surface area contributed by atoms with Gasteiger partial charge in [0.1, 0.15) is 28.3 Å². The van der Waals surface area contributed by atoms with Crippen molar-refractivity contribution in [3.63, 3.8) is 0 Å². The first kappa shape index (κ1) is 37.5. The maximum absolute atomic E-state index is 12.7. The first-order valence-electron chi connectivity index (χ1n) is 16.0. The van der Waals surface area contributed by atoms with Crippen LogP contribution in [0, 0.1) is 0 Å². The van der Waals surface area contributed by atoms with Crippen LogP contribution in [0.2, 0.25) is 0 Å². The number of hydrogen-bond acceptors (Lipinski definition) is 10. The highest BCUT2D eigenvalue weighted by Crippen LogP contribution is 2.34. The molecule has 0 fully saturated rings. The summed E-state index contributed by atoms with van der Waals surface area (Å²) in [5.74, 6) is 1.24. The molecule has 4 aromatic carbocycles. The molecular weight excluding hydrogens is 810 g/mol. The van der Waals surface area contributed by atoms with Crippen LogP contribution >= 0.6 is 15.9 Å². The maximum Gasteiger partial charge on any atom is 0.416 e. The minimum Gasteiger partial charge on any atom is -0.437 e. The van der Waals surface area contributed by atoms with Gasteiger partial charge in [-0.1, -0.05) is 36.4 Å². The molecule has 1 N–H and O–H groups in total. The van der Waals surface area contributed by atoms with Crippen LogP contribution in [0.1, 0.15) is 11.1 Å². The average Bonchev–Trinajstić information content (AvgIpc) is 3.18. The first-order valence-corrected chi connectivity index (χ1v) is 16.8. The fourth-order valence-electron chi connectivity index (χ4n) is 5.19. The Hall–Kier alpha value is -6.82. The van der Waals surface area contributed by atoms with Gasteiger partial charge in [0.25, 0.3) is 5.56 Å². The molecule has 0 aliphatic heterocycles. The summed E-state index contributed by atoms with van der Waals surface area (Å²) in [6.07, 6.45) is -3.55. The lowest BCUT2D eigenvalue weighted by atomic mass is 10.1. The third kappa shape index (κ3) is 8.76. The number of alkyl halides is 6. The number of benzene rings is 4. The van der Waals surface area contributed by atoms with E-state index in [1.165, 1.54) is 43.0 Å². The van der Waals surface area contributed by atoms with Crippen molar-refractivity contribution in [1.82, 2.24) is 39.9 Å². The topological polar surface area (TPSA) is 142 Å². The van der Waals surface area contributed by atoms with E-state index < -0.39 is 23.5 Å². The zero-order valence-electron chi connectivity index (χ0n) is 28.0. The van der Waals surface area contributed by atoms with E-state index >= 15 is 0 Å². The van der Waals surface area contributed by atoms with Crippen molar-refractivity contribution in [3.8, 4) is 45.8 Å². The summed E-state index contributed by atoms with van der Waals surface area (Å²) in [4.78, 5) is 43.0. The summed E-state index contributed by atoms with van der Waals surface area (Å²) in [6, 6.07) is 22.8. The Morgan fingerprint density at radius 1 is 0.571 bits per heavy atom. The van der Waals surface area contributed by atoms with E-state index in [1.54, 1.807) is 48.7 Å². The van der Waals surface area contributed by atoms with E-state index in [0.29, 0.717) is 60.7 Å². The standard InChI is InChI=1S/C19H10BrF3N4O.C19H11F3N4O2/c20-16-9-24-18-13(27-16)2-1-3-15(18)28-17-8-14(25-10-26-17)11-4-6-12(7-5-11)19(21,22)23;20-19(21,22)12-6-4-11(5-7-12)14-8-17(25-10-24-14)28-15-3-1-2-13-18(15)23-9-16(27)26-13/h1-10H;1-10H,(H,26,27). The molecule has 56 heavy (non-hydrogen) atoms. The van der Waals surface area contributed by atoms with E-state index in [9.17, 15) is 31.1 Å². The van der Waals surface area contributed by atoms with Gasteiger partial charge >= 0.3 is 12.4 Å². The summed E-state index contributed by atoms with van der Waals surface area (Å²) in [6.45, 7) is 0. The largest absolute Gasteiger partial charge is 0.437 e. The molecule has 0 saturated heterocycles. The lowest BCUT2D eigenvalue weighted by Gasteiger charge is -2.09. The Morgan fingerprint density at radius 2 is 1.07 bits per heavy atom. The number of aromatic amines is 1. The highest BCUT2D eigenvalue weighted by atomic mass is 79.9. The molecule has 0 amide bonds. The van der Waals surface area contributed by atoms with Crippen LogP contribution in [0.5, 0.6) is 23.3 Å². The second-order valence-electron chi connectivity index (χ2n) is 11.6. The van der Waals surface area contributed by atoms with Crippen LogP contribution in [0.25, 0.3) is 44.6 Å². The fourth-order valence-corrected chi connectivity index (χ4v) is 5.49. The summed E-state index contributed by atoms with van der Waals surface area (Å²) < 4.78 is 88.5. The number of halogens is 7. The molecule has 4 heterocycles. The predicted octanol–water partition coefficient (Wildman–Crippen LogP) is 9.85. The van der Waals surface area contributed by atoms with Crippen LogP contribution in [-0.4, -0.2) is 39.9 Å². The molecule has 0 bridgehead atoms. The second kappa shape index (κ2) is 15.5. The molecule has 8 rings (SSSR count). The van der Waals surface area contributed by atoms with E-state index in [2.05, 4.69) is 55.8 Å². The third-order valence-corrected chi connectivity index (χ3v) is 8.18. The van der Waals surface area contributed by atoms with Crippen molar-refractivity contribution >= 4 is 38.0 Å². The Morgan fingerprint density at radius 3 is 1.61 bits per heavy atom. The molecule has 0 unspecified atom stereocenters. The van der Waals surface area contributed by atoms with Gasteiger partial charge in [-0.3, -0.25) is 4.79 Å². The maximum atomic E-state index is 12.7. The molecule has 280 valence electrons. The van der Waals surface area contributed by atoms with Crippen LogP contribution in [0.4, 0.5) is 26.3 Å². The summed E-state index contributed by atoms with van der Waals surface area (Å²) >= 11 is 3.27. The lowest BCUT2D eigenvalue weighted by molar-refractivity contribution is -0.138. The highest BCUT2D eigenvalue weighted by Gasteiger charge is 2.31. The summed E-state index contributed by atoms with van der Waals surface area (Å²) in [5, 5.41) is 0. The van der Waals surface area contributed by atoms with Crippen molar-refractivity contribution < 1.29 is 35.8 Å². The Labute approximate surface area is 319 Å². The lowest BCUT2D eigenvalue weighted by Crippen LogP contribution is -2.05. The first-order chi connectivity index (χ1) is 26.8. The second-order valence-corrected chi connectivity index (χ2v) is 12.4.